The molecule has 4 aliphatic rings. The number of rotatable bonds is 7. The first-order valence-corrected chi connectivity index (χ1v) is 14.6. The van der Waals surface area contributed by atoms with E-state index < -0.39 is 11.0 Å². The molecule has 4 saturated carbocycles. The average molecular weight is 580 g/mol. The van der Waals surface area contributed by atoms with Crippen molar-refractivity contribution < 1.29 is 23.9 Å². The van der Waals surface area contributed by atoms with Crippen molar-refractivity contribution in [1.29, 1.82) is 0 Å². The molecule has 0 aliphatic heterocycles. The molecule has 0 saturated heterocycles. The molecule has 4 atom stereocenters. The van der Waals surface area contributed by atoms with Crippen LogP contribution in [0, 0.1) is 17.3 Å². The summed E-state index contributed by atoms with van der Waals surface area (Å²) in [6, 6.07) is 16.1. The summed E-state index contributed by atoms with van der Waals surface area (Å²) < 4.78 is 11.6. The summed E-state index contributed by atoms with van der Waals surface area (Å²) in [6.45, 7) is 1.46. The minimum Gasteiger partial charge on any atom is -0.496 e. The van der Waals surface area contributed by atoms with Crippen LogP contribution in [-0.4, -0.2) is 45.4 Å². The van der Waals surface area contributed by atoms with E-state index >= 15 is 0 Å². The van der Waals surface area contributed by atoms with E-state index in [2.05, 4.69) is 20.6 Å². The molecule has 43 heavy (non-hydrogen) atoms. The average Bonchev–Trinajstić information content (AvgIpc) is 3.39. The van der Waals surface area contributed by atoms with E-state index in [1.54, 1.807) is 49.7 Å². The minimum atomic E-state index is -0.537. The highest BCUT2D eigenvalue weighted by molar-refractivity contribution is 6.05. The Morgan fingerprint density at radius 3 is 2.51 bits per heavy atom. The van der Waals surface area contributed by atoms with E-state index in [1.807, 2.05) is 18.2 Å². The number of hydrogen-bond acceptors (Lipinski definition) is 7. The normalized spacial score (nSPS) is 25.3. The van der Waals surface area contributed by atoms with E-state index in [9.17, 15) is 14.4 Å². The number of methoxy groups -OCH3 is 1. The number of ether oxygens (including phenoxy) is 2. The number of amides is 2. The van der Waals surface area contributed by atoms with Gasteiger partial charge in [0.1, 0.15) is 23.0 Å². The fourth-order valence-electron chi connectivity index (χ4n) is 8.00. The molecule has 4 aliphatic carbocycles. The monoisotopic (exact) mass is 579 g/mol. The van der Waals surface area contributed by atoms with Gasteiger partial charge in [-0.3, -0.25) is 14.4 Å². The van der Waals surface area contributed by atoms with Crippen LogP contribution in [0.1, 0.15) is 55.8 Å². The molecule has 4 aromatic rings. The Kier molecular flexibility index (Phi) is 6.45. The topological polar surface area (TPSA) is 135 Å². The van der Waals surface area contributed by atoms with Gasteiger partial charge in [0.25, 0.3) is 5.91 Å². The van der Waals surface area contributed by atoms with Crippen molar-refractivity contribution >= 4 is 40.3 Å². The largest absolute Gasteiger partial charge is 0.496 e. The van der Waals surface area contributed by atoms with E-state index in [1.165, 1.54) is 6.92 Å². The SMILES string of the molecule is COc1cc(NC(=O)C23C[C@H]4C[C@@H](C2)C[C@](OC(C)=O)(C4)C3)ccc1-c1nc2cc(C(=O)Nc3ccccn3)ccc2[nH]1. The number of nitrogens with zero attached hydrogens (tertiary/aromatic N) is 2. The van der Waals surface area contributed by atoms with Crippen LogP contribution < -0.4 is 15.4 Å². The molecule has 220 valence electrons. The summed E-state index contributed by atoms with van der Waals surface area (Å²) in [5, 5.41) is 5.94. The van der Waals surface area contributed by atoms with Crippen molar-refractivity contribution in [2.75, 3.05) is 17.7 Å². The molecule has 2 amide bonds. The van der Waals surface area contributed by atoms with Crippen molar-refractivity contribution in [2.24, 2.45) is 17.3 Å². The Hall–Kier alpha value is -4.73. The number of carbonyl (C=O) groups is 3. The van der Waals surface area contributed by atoms with E-state index in [0.717, 1.165) is 43.2 Å². The van der Waals surface area contributed by atoms with Gasteiger partial charge in [0.2, 0.25) is 5.91 Å². The maximum absolute atomic E-state index is 13.8. The van der Waals surface area contributed by atoms with Gasteiger partial charge in [-0.1, -0.05) is 6.07 Å². The number of aromatic amines is 1. The zero-order valence-corrected chi connectivity index (χ0v) is 24.1. The molecule has 0 radical (unpaired) electrons. The molecule has 2 heterocycles. The number of aromatic nitrogens is 3. The molecule has 3 N–H and O–H groups in total. The maximum atomic E-state index is 13.8. The fourth-order valence-corrected chi connectivity index (χ4v) is 8.00. The van der Waals surface area contributed by atoms with Crippen LogP contribution >= 0.6 is 0 Å². The summed E-state index contributed by atoms with van der Waals surface area (Å²) in [6.07, 6.45) is 6.67. The first kappa shape index (κ1) is 27.1. The molecule has 4 fully saturated rings. The molecule has 8 rings (SSSR count). The number of hydrogen-bond donors (Lipinski definition) is 3. The fraction of sp³-hybridized carbons (Fsp3) is 0.364. The van der Waals surface area contributed by atoms with Gasteiger partial charge in [-0.05, 0) is 86.4 Å². The number of nitrogens with one attached hydrogen (secondary N) is 3. The summed E-state index contributed by atoms with van der Waals surface area (Å²) in [5.41, 5.74) is 2.16. The van der Waals surface area contributed by atoms with Crippen LogP contribution in [0.15, 0.2) is 60.8 Å². The van der Waals surface area contributed by atoms with Gasteiger partial charge in [-0.2, -0.15) is 0 Å². The van der Waals surface area contributed by atoms with Crippen molar-refractivity contribution in [3.05, 3.63) is 66.4 Å². The van der Waals surface area contributed by atoms with Gasteiger partial charge < -0.3 is 25.1 Å². The third-order valence-corrected chi connectivity index (χ3v) is 9.22. The van der Waals surface area contributed by atoms with Crippen molar-refractivity contribution in [3.8, 4) is 17.1 Å². The number of benzene rings is 2. The second-order valence-electron chi connectivity index (χ2n) is 12.4. The molecule has 0 spiro atoms. The smallest absolute Gasteiger partial charge is 0.303 e. The lowest BCUT2D eigenvalue weighted by Crippen LogP contribution is -2.60. The molecule has 4 bridgehead atoms. The lowest BCUT2D eigenvalue weighted by Gasteiger charge is -2.60. The number of imidazole rings is 1. The Bertz CT molecular complexity index is 1740. The Labute approximate surface area is 248 Å². The molecular weight excluding hydrogens is 546 g/mol. The van der Waals surface area contributed by atoms with Gasteiger partial charge in [0, 0.05) is 36.9 Å². The quantitative estimate of drug-likeness (QED) is 0.238. The molecule has 2 aromatic heterocycles. The highest BCUT2D eigenvalue weighted by Crippen LogP contribution is 2.63. The first-order valence-electron chi connectivity index (χ1n) is 14.6. The Morgan fingerprint density at radius 2 is 1.79 bits per heavy atom. The first-order chi connectivity index (χ1) is 20.7. The standard InChI is InChI=1S/C33H33N5O5/c1-19(39)43-33-16-20-11-21(17-33)15-32(14-20,18-33)31(41)35-23-7-8-24(27(13-23)42-2)29-36-25-9-6-22(12-26(25)37-29)30(40)38-28-5-3-4-10-34-28/h3-10,12-13,20-21H,11,14-18H2,1-2H3,(H,35,41)(H,36,37)(H,34,38,40)/t20-,21+,32?,33-. The molecule has 10 heteroatoms. The summed E-state index contributed by atoms with van der Waals surface area (Å²) >= 11 is 0. The van der Waals surface area contributed by atoms with Gasteiger partial charge in [0.15, 0.2) is 0 Å². The minimum absolute atomic E-state index is 0.0202. The van der Waals surface area contributed by atoms with E-state index in [0.29, 0.717) is 52.4 Å². The number of pyridine rings is 1. The number of esters is 1. The summed E-state index contributed by atoms with van der Waals surface area (Å²) in [7, 11) is 1.58. The number of carbonyl (C=O) groups excluding carboxylic acids is 3. The van der Waals surface area contributed by atoms with Crippen LogP contribution in [0.2, 0.25) is 0 Å². The Morgan fingerprint density at radius 1 is 0.977 bits per heavy atom. The van der Waals surface area contributed by atoms with Crippen molar-refractivity contribution in [3.63, 3.8) is 0 Å². The van der Waals surface area contributed by atoms with Gasteiger partial charge >= 0.3 is 5.97 Å². The highest BCUT2D eigenvalue weighted by atomic mass is 16.6. The predicted molar refractivity (Wildman–Crippen MR) is 161 cm³/mol. The Balaban J connectivity index is 1.11. The van der Waals surface area contributed by atoms with E-state index in [4.69, 9.17) is 14.5 Å². The van der Waals surface area contributed by atoms with E-state index in [-0.39, 0.29) is 17.8 Å². The zero-order chi connectivity index (χ0) is 29.8. The zero-order valence-electron chi connectivity index (χ0n) is 24.1. The lowest BCUT2D eigenvalue weighted by molar-refractivity contribution is -0.200. The van der Waals surface area contributed by atoms with Crippen LogP contribution in [0.5, 0.6) is 5.75 Å². The van der Waals surface area contributed by atoms with Gasteiger partial charge in [-0.25, -0.2) is 9.97 Å². The summed E-state index contributed by atoms with van der Waals surface area (Å²) in [4.78, 5) is 50.7. The number of anilines is 2. The second-order valence-corrected chi connectivity index (χ2v) is 12.4. The van der Waals surface area contributed by atoms with Crippen LogP contribution in [-0.2, 0) is 14.3 Å². The number of fused-ring (bicyclic) bond motifs is 1. The molecular formula is C33H33N5O5. The molecule has 1 unspecified atom stereocenters. The second kappa shape index (κ2) is 10.2. The summed E-state index contributed by atoms with van der Waals surface area (Å²) in [5.74, 6) is 1.83. The van der Waals surface area contributed by atoms with Crippen LogP contribution in [0.25, 0.3) is 22.4 Å². The predicted octanol–water partition coefficient (Wildman–Crippen LogP) is 5.73. The third kappa shape index (κ3) is 5.00. The number of H-pyrrole nitrogens is 1. The third-order valence-electron chi connectivity index (χ3n) is 9.22. The molecule has 10 nitrogen and oxygen atoms in total. The maximum Gasteiger partial charge on any atom is 0.303 e. The van der Waals surface area contributed by atoms with Gasteiger partial charge in [-0.15, -0.1) is 0 Å². The highest BCUT2D eigenvalue weighted by Gasteiger charge is 2.62. The lowest BCUT2D eigenvalue weighted by atomic mass is 9.47. The molecule has 2 aromatic carbocycles. The van der Waals surface area contributed by atoms with Crippen molar-refractivity contribution in [1.82, 2.24) is 15.0 Å². The van der Waals surface area contributed by atoms with Crippen LogP contribution in [0.3, 0.4) is 0 Å². The van der Waals surface area contributed by atoms with Crippen LogP contribution in [0.4, 0.5) is 11.5 Å². The van der Waals surface area contributed by atoms with Crippen molar-refractivity contribution in [2.45, 2.75) is 51.0 Å². The van der Waals surface area contributed by atoms with Gasteiger partial charge in [0.05, 0.1) is 29.1 Å².